The Labute approximate surface area is 151 Å². The van der Waals surface area contributed by atoms with E-state index in [0.717, 1.165) is 51.0 Å². The van der Waals surface area contributed by atoms with Crippen LogP contribution >= 0.6 is 0 Å². The van der Waals surface area contributed by atoms with E-state index >= 15 is 0 Å². The van der Waals surface area contributed by atoms with E-state index < -0.39 is 0 Å². The van der Waals surface area contributed by atoms with Crippen molar-refractivity contribution in [2.45, 2.75) is 52.1 Å². The molecule has 1 aromatic rings. The Balaban J connectivity index is 0.00000232. The molecule has 1 aromatic carbocycles. The Morgan fingerprint density at radius 2 is 1.83 bits per heavy atom. The van der Waals surface area contributed by atoms with E-state index in [4.69, 9.17) is 12.8 Å². The van der Waals surface area contributed by atoms with Crippen molar-refractivity contribution >= 4 is 12.0 Å². The van der Waals surface area contributed by atoms with Crippen LogP contribution < -0.4 is 4.74 Å². The molecule has 0 saturated heterocycles. The Morgan fingerprint density at radius 3 is 2.35 bits per heavy atom. The average molecular weight is 354 g/mol. The molecule has 4 nitrogen and oxygen atoms in total. The fraction of sp³-hybridized carbons (Fsp3) is 0.500. The normalized spacial score (nSPS) is 11.4. The summed E-state index contributed by atoms with van der Waals surface area (Å²) in [5.74, 6) is 0.533. The number of carbonyl (C=O) groups excluding carboxylic acids is 1. The second kappa shape index (κ2) is 14.3. The molecule has 0 bridgehead atoms. The van der Waals surface area contributed by atoms with Gasteiger partial charge in [0.25, 0.3) is 0 Å². The Bertz CT molecular complexity index is 457. The molecule has 0 aliphatic heterocycles. The number of hydrogen-bond acceptors (Lipinski definition) is 4. The van der Waals surface area contributed by atoms with Gasteiger partial charge in [0.15, 0.2) is 0 Å². The number of unbranched alkanes of at least 4 members (excludes halogenated alkanes) is 2. The van der Waals surface area contributed by atoms with Gasteiger partial charge < -0.3 is 9.47 Å². The number of hydrogen-bond donors (Lipinski definition) is 0. The van der Waals surface area contributed by atoms with Crippen LogP contribution in [0.4, 0.5) is 0 Å². The monoisotopic (exact) mass is 354 g/mol. The van der Waals surface area contributed by atoms with E-state index in [9.17, 15) is 4.79 Å². The summed E-state index contributed by atoms with van der Waals surface area (Å²) in [5.41, 5.74) is 0.951. The standard InChI is InChI=1S/C18H26O3.O.Ti/c1-4-6-7-8-16(5-2)21-18(19)14-11-15-9-12-17(20-3)13-10-15;;/h9-14,16H,4-8H2,1-3H3;;. The first-order chi connectivity index (χ1) is 11.2. The molecular weight excluding hydrogens is 328 g/mol. The molecule has 0 heterocycles. The molecule has 5 heteroatoms. The molecule has 1 unspecified atom stereocenters. The summed E-state index contributed by atoms with van der Waals surface area (Å²) in [4.78, 5) is 11.8. The minimum atomic E-state index is -0.269. The fourth-order valence-electron chi connectivity index (χ4n) is 2.05. The SMILES string of the molecule is CCCCCC(CC)OC(=O)C=Cc1ccc(OC)cc1.[O]=[Ti]. The molecular formula is C18H26O4Ti. The van der Waals surface area contributed by atoms with Gasteiger partial charge in [0, 0.05) is 6.08 Å². The third-order valence-corrected chi connectivity index (χ3v) is 3.40. The van der Waals surface area contributed by atoms with Gasteiger partial charge >= 0.3 is 29.7 Å². The van der Waals surface area contributed by atoms with Crippen molar-refractivity contribution in [2.24, 2.45) is 0 Å². The van der Waals surface area contributed by atoms with Crippen LogP contribution in [-0.2, 0) is 33.3 Å². The molecule has 0 aliphatic carbocycles. The summed E-state index contributed by atoms with van der Waals surface area (Å²) in [7, 11) is 1.63. The Kier molecular flexibility index (Phi) is 13.6. The molecule has 0 spiro atoms. The van der Waals surface area contributed by atoms with Crippen molar-refractivity contribution in [1.82, 2.24) is 0 Å². The third kappa shape index (κ3) is 10.2. The number of rotatable bonds is 9. The average Bonchev–Trinajstić information content (AvgIpc) is 2.61. The summed E-state index contributed by atoms with van der Waals surface area (Å²) < 4.78 is 18.8. The molecule has 0 aromatic heterocycles. The first-order valence-electron chi connectivity index (χ1n) is 7.92. The van der Waals surface area contributed by atoms with E-state index in [1.54, 1.807) is 13.2 Å². The Morgan fingerprint density at radius 1 is 1.17 bits per heavy atom. The molecule has 0 radical (unpaired) electrons. The van der Waals surface area contributed by atoms with Gasteiger partial charge in [0.2, 0.25) is 0 Å². The third-order valence-electron chi connectivity index (χ3n) is 3.40. The maximum absolute atomic E-state index is 11.8. The van der Waals surface area contributed by atoms with Crippen molar-refractivity contribution in [3.05, 3.63) is 35.9 Å². The van der Waals surface area contributed by atoms with Gasteiger partial charge in [-0.15, -0.1) is 0 Å². The zero-order chi connectivity index (χ0) is 17.5. The molecule has 0 aliphatic rings. The van der Waals surface area contributed by atoms with Gasteiger partial charge in [-0.2, -0.15) is 0 Å². The molecule has 0 amide bonds. The van der Waals surface area contributed by atoms with Crippen molar-refractivity contribution in [2.75, 3.05) is 7.11 Å². The van der Waals surface area contributed by atoms with Crippen molar-refractivity contribution < 1.29 is 38.0 Å². The number of benzene rings is 1. The molecule has 1 rings (SSSR count). The van der Waals surface area contributed by atoms with Gasteiger partial charge in [-0.05, 0) is 43.0 Å². The van der Waals surface area contributed by atoms with Crippen LogP contribution in [0.1, 0.15) is 51.5 Å². The molecule has 126 valence electrons. The number of carbonyl (C=O) groups is 1. The van der Waals surface area contributed by atoms with Crippen LogP contribution in [0.25, 0.3) is 6.08 Å². The van der Waals surface area contributed by atoms with Crippen LogP contribution in [0.2, 0.25) is 0 Å². The number of ether oxygens (including phenoxy) is 2. The zero-order valence-electron chi connectivity index (χ0n) is 14.2. The van der Waals surface area contributed by atoms with E-state index in [2.05, 4.69) is 13.8 Å². The van der Waals surface area contributed by atoms with Gasteiger partial charge in [-0.1, -0.05) is 38.8 Å². The predicted molar refractivity (Wildman–Crippen MR) is 87.0 cm³/mol. The van der Waals surface area contributed by atoms with Crippen molar-refractivity contribution in [3.63, 3.8) is 0 Å². The maximum atomic E-state index is 11.8. The molecule has 0 saturated carbocycles. The molecule has 23 heavy (non-hydrogen) atoms. The van der Waals surface area contributed by atoms with Crippen LogP contribution in [0.15, 0.2) is 30.3 Å². The van der Waals surface area contributed by atoms with Crippen LogP contribution in [0.5, 0.6) is 5.75 Å². The number of esters is 1. The predicted octanol–water partition coefficient (Wildman–Crippen LogP) is 4.49. The summed E-state index contributed by atoms with van der Waals surface area (Å²) in [6.07, 6.45) is 8.59. The van der Waals surface area contributed by atoms with E-state index in [-0.39, 0.29) is 12.1 Å². The summed E-state index contributed by atoms with van der Waals surface area (Å²) in [6.45, 7) is 4.22. The molecule has 0 N–H and O–H groups in total. The Hall–Kier alpha value is -1.26. The van der Waals surface area contributed by atoms with Gasteiger partial charge in [0.1, 0.15) is 11.9 Å². The van der Waals surface area contributed by atoms with Crippen LogP contribution in [0, 0.1) is 0 Å². The summed E-state index contributed by atoms with van der Waals surface area (Å²) in [5, 5.41) is 0. The van der Waals surface area contributed by atoms with Crippen LogP contribution in [-0.4, -0.2) is 19.2 Å². The first-order valence-corrected chi connectivity index (χ1v) is 8.56. The van der Waals surface area contributed by atoms with Crippen molar-refractivity contribution in [3.8, 4) is 5.75 Å². The van der Waals surface area contributed by atoms with E-state index in [1.807, 2.05) is 24.3 Å². The van der Waals surface area contributed by atoms with Crippen molar-refractivity contribution in [1.29, 1.82) is 0 Å². The fourth-order valence-corrected chi connectivity index (χ4v) is 2.05. The molecule has 0 fully saturated rings. The summed E-state index contributed by atoms with van der Waals surface area (Å²) >= 11 is 0.750. The van der Waals surface area contributed by atoms with Gasteiger partial charge in [-0.3, -0.25) is 0 Å². The van der Waals surface area contributed by atoms with Gasteiger partial charge in [0.05, 0.1) is 7.11 Å². The second-order valence-corrected chi connectivity index (χ2v) is 5.07. The summed E-state index contributed by atoms with van der Waals surface area (Å²) in [6, 6.07) is 7.54. The topological polar surface area (TPSA) is 52.6 Å². The van der Waals surface area contributed by atoms with Gasteiger partial charge in [-0.25, -0.2) is 4.79 Å². The quantitative estimate of drug-likeness (QED) is 0.284. The first kappa shape index (κ1) is 21.7. The second-order valence-electron chi connectivity index (χ2n) is 5.07. The molecule has 1 atom stereocenters. The number of methoxy groups -OCH3 is 1. The van der Waals surface area contributed by atoms with Crippen LogP contribution in [0.3, 0.4) is 0 Å². The zero-order valence-corrected chi connectivity index (χ0v) is 15.8. The minimum absolute atomic E-state index is 0.0320. The van der Waals surface area contributed by atoms with E-state index in [0.29, 0.717) is 0 Å². The van der Waals surface area contributed by atoms with E-state index in [1.165, 1.54) is 18.9 Å².